The Balaban J connectivity index is 1.20. The van der Waals surface area contributed by atoms with E-state index in [1.807, 2.05) is 7.05 Å². The van der Waals surface area contributed by atoms with Gasteiger partial charge in [0.1, 0.15) is 0 Å². The van der Waals surface area contributed by atoms with Gasteiger partial charge in [0, 0.05) is 38.8 Å². The van der Waals surface area contributed by atoms with E-state index in [1.54, 1.807) is 4.90 Å². The van der Waals surface area contributed by atoms with Crippen LogP contribution in [0.15, 0.2) is 24.3 Å². The SMILES string of the molecule is CN(Cc1ccc(N2CCCCC2)cc1)C(=O)CCCC[C@@H]1[C@H]2NC(=O)N[C@H]2CS1(=O)=O. The highest BCUT2D eigenvalue weighted by Crippen LogP contribution is 2.28. The van der Waals surface area contributed by atoms with Crippen LogP contribution in [-0.4, -0.2) is 68.5 Å². The first-order chi connectivity index (χ1) is 15.3. The Morgan fingerprint density at radius 1 is 1.09 bits per heavy atom. The lowest BCUT2D eigenvalue weighted by Gasteiger charge is -2.29. The molecule has 1 aromatic carbocycles. The molecule has 9 heteroatoms. The van der Waals surface area contributed by atoms with Crippen LogP contribution in [0.25, 0.3) is 0 Å². The molecular weight excluding hydrogens is 428 g/mol. The number of hydrogen-bond donors (Lipinski definition) is 2. The number of fused-ring (bicyclic) bond motifs is 1. The molecule has 8 nitrogen and oxygen atoms in total. The minimum Gasteiger partial charge on any atom is -0.372 e. The van der Waals surface area contributed by atoms with Gasteiger partial charge in [-0.25, -0.2) is 13.2 Å². The van der Waals surface area contributed by atoms with Crippen molar-refractivity contribution < 1.29 is 18.0 Å². The minimum absolute atomic E-state index is 0.000703. The summed E-state index contributed by atoms with van der Waals surface area (Å²) in [5.74, 6) is 0.0624. The summed E-state index contributed by atoms with van der Waals surface area (Å²) in [5, 5.41) is 4.85. The Kier molecular flexibility index (Phi) is 6.93. The van der Waals surface area contributed by atoms with E-state index in [4.69, 9.17) is 0 Å². The smallest absolute Gasteiger partial charge is 0.315 e. The molecule has 3 atom stereocenters. The van der Waals surface area contributed by atoms with E-state index < -0.39 is 15.1 Å². The van der Waals surface area contributed by atoms with Crippen molar-refractivity contribution in [1.82, 2.24) is 15.5 Å². The molecular formula is C23H34N4O4S. The van der Waals surface area contributed by atoms with E-state index in [0.29, 0.717) is 32.2 Å². The second-order valence-electron chi connectivity index (χ2n) is 9.33. The lowest BCUT2D eigenvalue weighted by Crippen LogP contribution is -2.39. The van der Waals surface area contributed by atoms with Crippen molar-refractivity contribution in [3.63, 3.8) is 0 Å². The Morgan fingerprint density at radius 2 is 1.81 bits per heavy atom. The first-order valence-electron chi connectivity index (χ1n) is 11.7. The van der Waals surface area contributed by atoms with E-state index in [-0.39, 0.29) is 29.8 Å². The van der Waals surface area contributed by atoms with Crippen LogP contribution in [-0.2, 0) is 21.2 Å². The highest BCUT2D eigenvalue weighted by Gasteiger charge is 2.51. The van der Waals surface area contributed by atoms with E-state index in [1.165, 1.54) is 24.9 Å². The van der Waals surface area contributed by atoms with Gasteiger partial charge in [-0.1, -0.05) is 18.6 Å². The molecule has 2 N–H and O–H groups in total. The molecule has 3 aliphatic heterocycles. The van der Waals surface area contributed by atoms with Crippen molar-refractivity contribution >= 4 is 27.5 Å². The van der Waals surface area contributed by atoms with Crippen molar-refractivity contribution in [2.24, 2.45) is 0 Å². The van der Waals surface area contributed by atoms with Gasteiger partial charge in [0.2, 0.25) is 5.91 Å². The number of hydrogen-bond acceptors (Lipinski definition) is 5. The fourth-order valence-electron chi connectivity index (χ4n) is 5.14. The monoisotopic (exact) mass is 462 g/mol. The van der Waals surface area contributed by atoms with Gasteiger partial charge in [-0.15, -0.1) is 0 Å². The molecule has 0 bridgehead atoms. The molecule has 0 spiro atoms. The maximum absolute atomic E-state index is 12.5. The summed E-state index contributed by atoms with van der Waals surface area (Å²) >= 11 is 0. The molecule has 3 saturated heterocycles. The Bertz CT molecular complexity index is 928. The van der Waals surface area contributed by atoms with Crippen LogP contribution in [0, 0.1) is 0 Å². The molecule has 0 aliphatic carbocycles. The first kappa shape index (κ1) is 22.9. The number of nitrogens with zero attached hydrogens (tertiary/aromatic N) is 2. The lowest BCUT2D eigenvalue weighted by molar-refractivity contribution is -0.130. The second-order valence-corrected chi connectivity index (χ2v) is 11.6. The number of amides is 3. The van der Waals surface area contributed by atoms with Crippen LogP contribution in [0.4, 0.5) is 10.5 Å². The number of unbranched alkanes of at least 4 members (excludes halogenated alkanes) is 1. The second kappa shape index (κ2) is 9.68. The average Bonchev–Trinajstić information content (AvgIpc) is 3.23. The predicted molar refractivity (Wildman–Crippen MR) is 124 cm³/mol. The molecule has 0 radical (unpaired) electrons. The van der Waals surface area contributed by atoms with Gasteiger partial charge in [-0.3, -0.25) is 4.79 Å². The lowest BCUT2D eigenvalue weighted by atomic mass is 10.0. The molecule has 3 aliphatic rings. The van der Waals surface area contributed by atoms with Gasteiger partial charge in [0.15, 0.2) is 9.84 Å². The number of rotatable bonds is 8. The zero-order valence-corrected chi connectivity index (χ0v) is 19.6. The van der Waals surface area contributed by atoms with Crippen molar-refractivity contribution in [1.29, 1.82) is 0 Å². The third kappa shape index (κ3) is 5.19. The summed E-state index contributed by atoms with van der Waals surface area (Å²) in [5.41, 5.74) is 2.36. The first-order valence-corrected chi connectivity index (χ1v) is 13.4. The number of carbonyl (C=O) groups excluding carboxylic acids is 2. The van der Waals surface area contributed by atoms with Crippen LogP contribution in [0.1, 0.15) is 50.5 Å². The number of benzene rings is 1. The fourth-order valence-corrected chi connectivity index (χ4v) is 7.41. The average molecular weight is 463 g/mol. The zero-order chi connectivity index (χ0) is 22.7. The summed E-state index contributed by atoms with van der Waals surface area (Å²) in [4.78, 5) is 28.2. The van der Waals surface area contributed by atoms with Crippen molar-refractivity contribution in [2.75, 3.05) is 30.8 Å². The van der Waals surface area contributed by atoms with E-state index in [2.05, 4.69) is 39.8 Å². The summed E-state index contributed by atoms with van der Waals surface area (Å²) < 4.78 is 24.8. The van der Waals surface area contributed by atoms with Crippen LogP contribution in [0.5, 0.6) is 0 Å². The van der Waals surface area contributed by atoms with Gasteiger partial charge in [0.05, 0.1) is 23.1 Å². The molecule has 4 rings (SSSR count). The topological polar surface area (TPSA) is 98.8 Å². The molecule has 0 unspecified atom stereocenters. The summed E-state index contributed by atoms with van der Waals surface area (Å²) in [6.45, 7) is 2.80. The number of anilines is 1. The number of piperidine rings is 1. The minimum atomic E-state index is -3.22. The molecule has 3 fully saturated rings. The predicted octanol–water partition coefficient (Wildman–Crippen LogP) is 2.04. The largest absolute Gasteiger partial charge is 0.372 e. The van der Waals surface area contributed by atoms with Crippen molar-refractivity contribution in [3.05, 3.63) is 29.8 Å². The highest BCUT2D eigenvalue weighted by molar-refractivity contribution is 7.92. The van der Waals surface area contributed by atoms with E-state index in [9.17, 15) is 18.0 Å². The molecule has 3 amide bonds. The number of sulfone groups is 1. The summed E-state index contributed by atoms with van der Waals surface area (Å²) in [6, 6.07) is 7.51. The molecule has 3 heterocycles. The van der Waals surface area contributed by atoms with Gasteiger partial charge >= 0.3 is 6.03 Å². The van der Waals surface area contributed by atoms with Crippen LogP contribution in [0.2, 0.25) is 0 Å². The number of nitrogens with one attached hydrogen (secondary N) is 2. The number of urea groups is 1. The third-order valence-electron chi connectivity index (χ3n) is 6.95. The summed E-state index contributed by atoms with van der Waals surface area (Å²) in [6.07, 6.45) is 5.97. The molecule has 1 aromatic rings. The quantitative estimate of drug-likeness (QED) is 0.455. The third-order valence-corrected chi connectivity index (χ3v) is 9.23. The van der Waals surface area contributed by atoms with Gasteiger partial charge in [0.25, 0.3) is 0 Å². The standard InChI is InChI=1S/C23H34N4O4S/c1-26(15-17-9-11-18(12-10-17)27-13-5-2-6-14-27)21(28)8-4-3-7-20-22-19(16-32(20,30)31)24-23(29)25-22/h9-12,19-20,22H,2-8,13-16H2,1H3,(H2,24,25,29)/t19-,20+,22-/m0/s1. The normalized spacial score (nSPS) is 26.3. The Labute approximate surface area is 190 Å². The van der Waals surface area contributed by atoms with Crippen LogP contribution >= 0.6 is 0 Å². The Hall–Kier alpha value is -2.29. The van der Waals surface area contributed by atoms with E-state index >= 15 is 0 Å². The van der Waals surface area contributed by atoms with Gasteiger partial charge in [-0.05, 0) is 49.8 Å². The highest BCUT2D eigenvalue weighted by atomic mass is 32.2. The maximum atomic E-state index is 12.5. The van der Waals surface area contributed by atoms with Gasteiger partial charge < -0.3 is 20.4 Å². The molecule has 0 saturated carbocycles. The zero-order valence-electron chi connectivity index (χ0n) is 18.8. The fraction of sp³-hybridized carbons (Fsp3) is 0.652. The summed E-state index contributed by atoms with van der Waals surface area (Å²) in [7, 11) is -1.40. The maximum Gasteiger partial charge on any atom is 0.315 e. The van der Waals surface area contributed by atoms with Crippen molar-refractivity contribution in [2.45, 2.75) is 68.8 Å². The van der Waals surface area contributed by atoms with E-state index in [0.717, 1.165) is 18.7 Å². The van der Waals surface area contributed by atoms with Gasteiger partial charge in [-0.2, -0.15) is 0 Å². The van der Waals surface area contributed by atoms with Crippen LogP contribution in [0.3, 0.4) is 0 Å². The van der Waals surface area contributed by atoms with Crippen molar-refractivity contribution in [3.8, 4) is 0 Å². The molecule has 32 heavy (non-hydrogen) atoms. The van der Waals surface area contributed by atoms with Crippen LogP contribution < -0.4 is 15.5 Å². The Morgan fingerprint density at radius 3 is 2.53 bits per heavy atom. The molecule has 176 valence electrons. The molecule has 0 aromatic heterocycles. The number of carbonyl (C=O) groups is 2.